The van der Waals surface area contributed by atoms with Crippen molar-refractivity contribution in [2.75, 3.05) is 14.2 Å². The molecule has 0 radical (unpaired) electrons. The fourth-order valence-corrected chi connectivity index (χ4v) is 2.63. The summed E-state index contributed by atoms with van der Waals surface area (Å²) in [6, 6.07) is 9.00. The number of benzene rings is 1. The van der Waals surface area contributed by atoms with Crippen molar-refractivity contribution in [3.63, 3.8) is 0 Å². The molecule has 0 fully saturated rings. The lowest BCUT2D eigenvalue weighted by atomic mass is 10.0. The van der Waals surface area contributed by atoms with Crippen molar-refractivity contribution in [2.24, 2.45) is 7.05 Å². The zero-order chi connectivity index (χ0) is 17.1. The molecule has 0 saturated heterocycles. The minimum Gasteiger partial charge on any atom is -0.465 e. The zero-order valence-electron chi connectivity index (χ0n) is 13.4. The molecule has 0 spiro atoms. The smallest absolute Gasteiger partial charge is 0.341 e. The summed E-state index contributed by atoms with van der Waals surface area (Å²) >= 11 is 0. The van der Waals surface area contributed by atoms with Gasteiger partial charge in [-0.2, -0.15) is 0 Å². The van der Waals surface area contributed by atoms with Gasteiger partial charge in [-0.1, -0.05) is 30.3 Å². The van der Waals surface area contributed by atoms with Crippen LogP contribution >= 0.6 is 0 Å². The SMILES string of the molecule is COC(=O)c1c(C(=O)OC)c(-c2ccccc2)n(C)c1C(C)=O. The van der Waals surface area contributed by atoms with Gasteiger partial charge in [-0.3, -0.25) is 4.79 Å². The maximum absolute atomic E-state index is 12.3. The molecule has 0 amide bonds. The first-order valence-corrected chi connectivity index (χ1v) is 6.89. The average molecular weight is 315 g/mol. The molecular weight excluding hydrogens is 298 g/mol. The predicted molar refractivity (Wildman–Crippen MR) is 83.5 cm³/mol. The Morgan fingerprint density at radius 3 is 1.91 bits per heavy atom. The Labute approximate surface area is 133 Å². The molecular formula is C17H17NO5. The first-order chi connectivity index (χ1) is 10.9. The molecule has 0 aliphatic rings. The number of Topliss-reactive ketones (excluding diaryl/α,β-unsaturated/α-hetero) is 1. The van der Waals surface area contributed by atoms with E-state index in [0.29, 0.717) is 11.3 Å². The highest BCUT2D eigenvalue weighted by Gasteiger charge is 2.33. The molecule has 23 heavy (non-hydrogen) atoms. The van der Waals surface area contributed by atoms with Gasteiger partial charge in [-0.05, 0) is 5.56 Å². The zero-order valence-corrected chi connectivity index (χ0v) is 13.4. The summed E-state index contributed by atoms with van der Waals surface area (Å²) < 4.78 is 11.1. The molecule has 1 aromatic carbocycles. The minimum absolute atomic E-state index is 0.0262. The summed E-state index contributed by atoms with van der Waals surface area (Å²) in [5.74, 6) is -1.80. The molecule has 2 rings (SSSR count). The molecule has 0 aliphatic heterocycles. The lowest BCUT2D eigenvalue weighted by Gasteiger charge is -2.07. The number of carbonyl (C=O) groups is 3. The number of rotatable bonds is 4. The van der Waals surface area contributed by atoms with Gasteiger partial charge >= 0.3 is 11.9 Å². The van der Waals surface area contributed by atoms with Crippen LogP contribution in [0.15, 0.2) is 30.3 Å². The van der Waals surface area contributed by atoms with Crippen LogP contribution in [-0.2, 0) is 16.5 Å². The first kappa shape index (κ1) is 16.5. The Morgan fingerprint density at radius 1 is 0.913 bits per heavy atom. The van der Waals surface area contributed by atoms with E-state index in [4.69, 9.17) is 9.47 Å². The minimum atomic E-state index is -0.756. The van der Waals surface area contributed by atoms with Gasteiger partial charge in [-0.15, -0.1) is 0 Å². The number of hydrogen-bond donors (Lipinski definition) is 0. The van der Waals surface area contributed by atoms with Crippen molar-refractivity contribution in [3.8, 4) is 11.3 Å². The van der Waals surface area contributed by atoms with Crippen LogP contribution in [-0.4, -0.2) is 36.5 Å². The summed E-state index contributed by atoms with van der Waals surface area (Å²) in [4.78, 5) is 36.5. The standard InChI is InChI=1S/C17H17NO5/c1-10(19)14-12(16(20)22-3)13(17(21)23-4)15(18(14)2)11-8-6-5-7-9-11/h5-9H,1-4H3. The molecule has 2 aromatic rings. The third-order valence-electron chi connectivity index (χ3n) is 3.55. The van der Waals surface area contributed by atoms with E-state index in [-0.39, 0.29) is 22.6 Å². The molecule has 0 bridgehead atoms. The number of methoxy groups -OCH3 is 2. The van der Waals surface area contributed by atoms with Gasteiger partial charge in [-0.25, -0.2) is 9.59 Å². The Morgan fingerprint density at radius 2 is 1.43 bits per heavy atom. The van der Waals surface area contributed by atoms with E-state index >= 15 is 0 Å². The summed E-state index contributed by atoms with van der Waals surface area (Å²) in [6.07, 6.45) is 0. The normalized spacial score (nSPS) is 10.3. The summed E-state index contributed by atoms with van der Waals surface area (Å²) in [5, 5.41) is 0. The molecule has 0 atom stereocenters. The van der Waals surface area contributed by atoms with E-state index < -0.39 is 11.9 Å². The monoisotopic (exact) mass is 315 g/mol. The molecule has 0 saturated carbocycles. The van der Waals surface area contributed by atoms with Gasteiger partial charge in [0.2, 0.25) is 0 Å². The molecule has 1 aromatic heterocycles. The van der Waals surface area contributed by atoms with Gasteiger partial charge in [0.1, 0.15) is 11.1 Å². The van der Waals surface area contributed by atoms with E-state index in [9.17, 15) is 14.4 Å². The second-order valence-electron chi connectivity index (χ2n) is 4.91. The van der Waals surface area contributed by atoms with Crippen LogP contribution in [0.25, 0.3) is 11.3 Å². The van der Waals surface area contributed by atoms with Crippen molar-refractivity contribution in [1.82, 2.24) is 4.57 Å². The molecule has 0 unspecified atom stereocenters. The van der Waals surface area contributed by atoms with Crippen molar-refractivity contribution >= 4 is 17.7 Å². The van der Waals surface area contributed by atoms with E-state index in [2.05, 4.69) is 0 Å². The fraction of sp³-hybridized carbons (Fsp3) is 0.235. The fourth-order valence-electron chi connectivity index (χ4n) is 2.63. The van der Waals surface area contributed by atoms with Crippen molar-refractivity contribution in [1.29, 1.82) is 0 Å². The Bertz CT molecular complexity index is 774. The van der Waals surface area contributed by atoms with Crippen LogP contribution in [0, 0.1) is 0 Å². The van der Waals surface area contributed by atoms with E-state index in [1.807, 2.05) is 6.07 Å². The lowest BCUT2D eigenvalue weighted by Crippen LogP contribution is -2.13. The highest BCUT2D eigenvalue weighted by atomic mass is 16.5. The molecule has 120 valence electrons. The van der Waals surface area contributed by atoms with Crippen LogP contribution in [0.1, 0.15) is 38.1 Å². The van der Waals surface area contributed by atoms with Gasteiger partial charge in [0.05, 0.1) is 25.6 Å². The van der Waals surface area contributed by atoms with E-state index in [1.165, 1.54) is 25.7 Å². The molecule has 0 N–H and O–H groups in total. The van der Waals surface area contributed by atoms with Crippen LogP contribution in [0.5, 0.6) is 0 Å². The average Bonchev–Trinajstić information content (AvgIpc) is 2.87. The molecule has 0 aliphatic carbocycles. The van der Waals surface area contributed by atoms with Crippen molar-refractivity contribution in [2.45, 2.75) is 6.92 Å². The summed E-state index contributed by atoms with van der Waals surface area (Å²) in [5.41, 5.74) is 1.18. The Kier molecular flexibility index (Phi) is 4.64. The largest absolute Gasteiger partial charge is 0.465 e. The maximum atomic E-state index is 12.3. The van der Waals surface area contributed by atoms with Crippen LogP contribution in [0.3, 0.4) is 0 Å². The van der Waals surface area contributed by atoms with Crippen LogP contribution in [0.4, 0.5) is 0 Å². The second-order valence-corrected chi connectivity index (χ2v) is 4.91. The number of ketones is 1. The number of ether oxygens (including phenoxy) is 2. The topological polar surface area (TPSA) is 74.6 Å². The van der Waals surface area contributed by atoms with E-state index in [0.717, 1.165) is 0 Å². The molecule has 1 heterocycles. The van der Waals surface area contributed by atoms with Crippen LogP contribution < -0.4 is 0 Å². The number of nitrogens with zero attached hydrogens (tertiary/aromatic N) is 1. The number of hydrogen-bond acceptors (Lipinski definition) is 5. The quantitative estimate of drug-likeness (QED) is 0.640. The lowest BCUT2D eigenvalue weighted by molar-refractivity contribution is 0.0555. The third-order valence-corrected chi connectivity index (χ3v) is 3.55. The van der Waals surface area contributed by atoms with Gasteiger partial charge in [0.15, 0.2) is 5.78 Å². The Balaban J connectivity index is 2.93. The summed E-state index contributed by atoms with van der Waals surface area (Å²) in [6.45, 7) is 1.33. The molecule has 6 nitrogen and oxygen atoms in total. The predicted octanol–water partition coefficient (Wildman–Crippen LogP) is 2.47. The highest BCUT2D eigenvalue weighted by molar-refractivity contribution is 6.14. The van der Waals surface area contributed by atoms with Gasteiger partial charge in [0.25, 0.3) is 0 Å². The van der Waals surface area contributed by atoms with Crippen LogP contribution in [0.2, 0.25) is 0 Å². The molecule has 6 heteroatoms. The van der Waals surface area contributed by atoms with E-state index in [1.54, 1.807) is 31.3 Å². The first-order valence-electron chi connectivity index (χ1n) is 6.89. The maximum Gasteiger partial charge on any atom is 0.341 e. The highest BCUT2D eigenvalue weighted by Crippen LogP contribution is 2.32. The van der Waals surface area contributed by atoms with Crippen molar-refractivity contribution in [3.05, 3.63) is 47.2 Å². The number of carbonyl (C=O) groups excluding carboxylic acids is 3. The van der Waals surface area contributed by atoms with Gasteiger partial charge < -0.3 is 14.0 Å². The summed E-state index contributed by atoms with van der Waals surface area (Å²) in [7, 11) is 4.04. The van der Waals surface area contributed by atoms with Crippen molar-refractivity contribution < 1.29 is 23.9 Å². The second kappa shape index (κ2) is 6.48. The number of esters is 2. The Hall–Kier alpha value is -2.89. The van der Waals surface area contributed by atoms with Gasteiger partial charge in [0, 0.05) is 14.0 Å². The number of aromatic nitrogens is 1. The third kappa shape index (κ3) is 2.75.